The van der Waals surface area contributed by atoms with E-state index in [4.69, 9.17) is 5.73 Å². The van der Waals surface area contributed by atoms with Crippen molar-refractivity contribution >= 4 is 30.7 Å². The van der Waals surface area contributed by atoms with Crippen LogP contribution in [0.4, 0.5) is 0 Å². The molecule has 0 aromatic heterocycles. The molecule has 1 amide bonds. The van der Waals surface area contributed by atoms with Gasteiger partial charge < -0.3 is 15.5 Å². The number of carbonyl (C=O) groups is 1. The molecule has 2 N–H and O–H groups in total. The summed E-state index contributed by atoms with van der Waals surface area (Å²) in [7, 11) is 1.99. The monoisotopic (exact) mass is 367 g/mol. The summed E-state index contributed by atoms with van der Waals surface area (Å²) in [5.41, 5.74) is 6.08. The molecule has 0 aromatic rings. The van der Waals surface area contributed by atoms with Crippen LogP contribution in [0.5, 0.6) is 0 Å². The summed E-state index contributed by atoms with van der Waals surface area (Å²) >= 11 is 0. The molecule has 2 atom stereocenters. The highest BCUT2D eigenvalue weighted by Crippen LogP contribution is 2.33. The van der Waals surface area contributed by atoms with Gasteiger partial charge in [0.1, 0.15) is 0 Å². The van der Waals surface area contributed by atoms with Gasteiger partial charge in [-0.1, -0.05) is 12.8 Å². The summed E-state index contributed by atoms with van der Waals surface area (Å²) in [6, 6.07) is 1.00. The molecule has 0 radical (unpaired) electrons. The SMILES string of the molecule is CC(C)N1CCC(N(C)C(=O)C2CCCCC2(C)N)CC1.Cl.Cl. The predicted octanol–water partition coefficient (Wildman–Crippen LogP) is 3.07. The highest BCUT2D eigenvalue weighted by Gasteiger charge is 2.40. The number of halogens is 2. The number of hydrogen-bond acceptors (Lipinski definition) is 3. The number of amides is 1. The first-order chi connectivity index (χ1) is 9.83. The third-order valence-electron chi connectivity index (χ3n) is 5.68. The van der Waals surface area contributed by atoms with E-state index < -0.39 is 0 Å². The van der Waals surface area contributed by atoms with Crippen molar-refractivity contribution in [1.29, 1.82) is 0 Å². The number of rotatable bonds is 3. The Hall–Kier alpha value is -0.0300. The number of hydrogen-bond donors (Lipinski definition) is 1. The molecule has 2 fully saturated rings. The Balaban J connectivity index is 0.00000242. The van der Waals surface area contributed by atoms with E-state index in [0.29, 0.717) is 12.1 Å². The topological polar surface area (TPSA) is 49.6 Å². The molecule has 0 aromatic carbocycles. The maximum Gasteiger partial charge on any atom is 0.227 e. The number of carbonyl (C=O) groups excluding carboxylic acids is 1. The van der Waals surface area contributed by atoms with E-state index >= 15 is 0 Å². The molecule has 1 aliphatic heterocycles. The molecule has 2 rings (SSSR count). The van der Waals surface area contributed by atoms with Gasteiger partial charge in [-0.15, -0.1) is 24.8 Å². The van der Waals surface area contributed by atoms with Crippen LogP contribution in [0.15, 0.2) is 0 Å². The molecule has 2 aliphatic rings. The largest absolute Gasteiger partial charge is 0.342 e. The van der Waals surface area contributed by atoms with Gasteiger partial charge in [-0.3, -0.25) is 4.79 Å². The van der Waals surface area contributed by atoms with Gasteiger partial charge in [-0.25, -0.2) is 0 Å². The van der Waals surface area contributed by atoms with E-state index in [1.807, 2.05) is 11.9 Å². The lowest BCUT2D eigenvalue weighted by Gasteiger charge is -2.43. The lowest BCUT2D eigenvalue weighted by molar-refractivity contribution is -0.140. The van der Waals surface area contributed by atoms with Crippen LogP contribution in [0, 0.1) is 5.92 Å². The van der Waals surface area contributed by atoms with Crippen molar-refractivity contribution in [2.75, 3.05) is 20.1 Å². The van der Waals surface area contributed by atoms with Crippen molar-refractivity contribution in [3.8, 4) is 0 Å². The van der Waals surface area contributed by atoms with Crippen LogP contribution < -0.4 is 5.73 Å². The van der Waals surface area contributed by atoms with E-state index in [2.05, 4.69) is 25.7 Å². The molecule has 138 valence electrons. The fourth-order valence-electron chi connectivity index (χ4n) is 3.98. The standard InChI is InChI=1S/C17H33N3O.2ClH/c1-13(2)20-11-8-14(9-12-20)19(4)16(21)15-7-5-6-10-17(15,3)18;;/h13-15H,5-12,18H2,1-4H3;2*1H. The number of nitrogens with zero attached hydrogens (tertiary/aromatic N) is 2. The van der Waals surface area contributed by atoms with Gasteiger partial charge in [-0.2, -0.15) is 0 Å². The maximum atomic E-state index is 12.9. The van der Waals surface area contributed by atoms with Crippen LogP contribution in [0.3, 0.4) is 0 Å². The minimum absolute atomic E-state index is 0. The van der Waals surface area contributed by atoms with E-state index in [-0.39, 0.29) is 42.2 Å². The highest BCUT2D eigenvalue weighted by molar-refractivity contribution is 5.85. The molecule has 0 spiro atoms. The Morgan fingerprint density at radius 1 is 1.17 bits per heavy atom. The van der Waals surface area contributed by atoms with Crippen molar-refractivity contribution in [2.45, 2.75) is 76.9 Å². The molecular formula is C17H35Cl2N3O. The average molecular weight is 368 g/mol. The smallest absolute Gasteiger partial charge is 0.227 e. The van der Waals surface area contributed by atoms with E-state index in [9.17, 15) is 4.79 Å². The third-order valence-corrected chi connectivity index (χ3v) is 5.68. The Kier molecular flexibility index (Phi) is 9.44. The van der Waals surface area contributed by atoms with Crippen molar-refractivity contribution in [3.05, 3.63) is 0 Å². The van der Waals surface area contributed by atoms with Gasteiger partial charge >= 0.3 is 0 Å². The Morgan fingerprint density at radius 3 is 2.22 bits per heavy atom. The van der Waals surface area contributed by atoms with Crippen molar-refractivity contribution in [1.82, 2.24) is 9.80 Å². The van der Waals surface area contributed by atoms with Crippen LogP contribution in [0.1, 0.15) is 59.3 Å². The fraction of sp³-hybridized carbons (Fsp3) is 0.941. The van der Waals surface area contributed by atoms with Crippen LogP contribution in [0.2, 0.25) is 0 Å². The third kappa shape index (κ3) is 5.48. The number of nitrogens with two attached hydrogens (primary N) is 1. The predicted molar refractivity (Wildman–Crippen MR) is 102 cm³/mol. The van der Waals surface area contributed by atoms with Gasteiger partial charge in [0.2, 0.25) is 5.91 Å². The Labute approximate surface area is 154 Å². The van der Waals surface area contributed by atoms with Crippen molar-refractivity contribution < 1.29 is 4.79 Å². The van der Waals surface area contributed by atoms with Gasteiger partial charge in [0.05, 0.1) is 5.92 Å². The van der Waals surface area contributed by atoms with Gasteiger partial charge in [0, 0.05) is 37.8 Å². The second-order valence-electron chi connectivity index (χ2n) is 7.61. The van der Waals surface area contributed by atoms with Crippen LogP contribution >= 0.6 is 24.8 Å². The highest BCUT2D eigenvalue weighted by atomic mass is 35.5. The fourth-order valence-corrected chi connectivity index (χ4v) is 3.98. The summed E-state index contributed by atoms with van der Waals surface area (Å²) in [6.45, 7) is 8.76. The quantitative estimate of drug-likeness (QED) is 0.833. The zero-order valence-corrected chi connectivity index (χ0v) is 16.7. The van der Waals surface area contributed by atoms with Gasteiger partial charge in [0.25, 0.3) is 0 Å². The zero-order valence-electron chi connectivity index (χ0n) is 15.1. The minimum Gasteiger partial charge on any atom is -0.342 e. The van der Waals surface area contributed by atoms with Crippen LogP contribution in [-0.2, 0) is 4.79 Å². The molecule has 4 nitrogen and oxygen atoms in total. The molecular weight excluding hydrogens is 333 g/mol. The van der Waals surface area contributed by atoms with E-state index in [1.54, 1.807) is 0 Å². The summed E-state index contributed by atoms with van der Waals surface area (Å²) in [5, 5.41) is 0. The van der Waals surface area contributed by atoms with Crippen LogP contribution in [-0.4, -0.2) is 53.5 Å². The second-order valence-corrected chi connectivity index (χ2v) is 7.61. The lowest BCUT2D eigenvalue weighted by Crippen LogP contribution is -2.56. The first kappa shape index (κ1) is 23.0. The molecule has 1 aliphatic carbocycles. The maximum absolute atomic E-state index is 12.9. The Morgan fingerprint density at radius 2 is 1.74 bits per heavy atom. The molecule has 1 saturated carbocycles. The van der Waals surface area contributed by atoms with E-state index in [1.165, 1.54) is 0 Å². The second kappa shape index (κ2) is 9.45. The average Bonchev–Trinajstić information content (AvgIpc) is 2.45. The molecule has 2 unspecified atom stereocenters. The van der Waals surface area contributed by atoms with Crippen LogP contribution in [0.25, 0.3) is 0 Å². The summed E-state index contributed by atoms with van der Waals surface area (Å²) in [6.07, 6.45) is 6.42. The van der Waals surface area contributed by atoms with Crippen molar-refractivity contribution in [2.24, 2.45) is 11.7 Å². The summed E-state index contributed by atoms with van der Waals surface area (Å²) < 4.78 is 0. The molecule has 0 bridgehead atoms. The van der Waals surface area contributed by atoms with Gasteiger partial charge in [0.15, 0.2) is 0 Å². The van der Waals surface area contributed by atoms with Crippen molar-refractivity contribution in [3.63, 3.8) is 0 Å². The minimum atomic E-state index is -0.317. The summed E-state index contributed by atoms with van der Waals surface area (Å²) in [4.78, 5) is 17.4. The first-order valence-electron chi connectivity index (χ1n) is 8.62. The lowest BCUT2D eigenvalue weighted by atomic mass is 9.74. The van der Waals surface area contributed by atoms with E-state index in [0.717, 1.165) is 51.6 Å². The Bertz CT molecular complexity index is 369. The summed E-state index contributed by atoms with van der Waals surface area (Å²) in [5.74, 6) is 0.294. The van der Waals surface area contributed by atoms with Gasteiger partial charge in [-0.05, 0) is 46.5 Å². The molecule has 23 heavy (non-hydrogen) atoms. The molecule has 6 heteroatoms. The molecule has 1 saturated heterocycles. The normalized spacial score (nSPS) is 29.6. The number of piperidine rings is 1. The molecule has 1 heterocycles. The zero-order chi connectivity index (χ0) is 15.6. The number of likely N-dealkylation sites (tertiary alicyclic amines) is 1. The first-order valence-corrected chi connectivity index (χ1v) is 8.62.